The standard InChI is InChI=1S/C16H17N3O/c17-10-14-9-13-3-1-2-4-15(13)19-16(14)20-8-6-12-5-7-18-11-12/h1-4,9,12,18H,5-8,11H2. The summed E-state index contributed by atoms with van der Waals surface area (Å²) in [5, 5.41) is 13.5. The van der Waals surface area contributed by atoms with Gasteiger partial charge >= 0.3 is 0 Å². The molecule has 1 aliphatic heterocycles. The van der Waals surface area contributed by atoms with Gasteiger partial charge in [-0.15, -0.1) is 0 Å². The molecule has 0 saturated carbocycles. The van der Waals surface area contributed by atoms with Crippen LogP contribution in [0, 0.1) is 17.2 Å². The molecule has 1 N–H and O–H groups in total. The maximum Gasteiger partial charge on any atom is 0.232 e. The van der Waals surface area contributed by atoms with E-state index in [4.69, 9.17) is 4.74 Å². The Morgan fingerprint density at radius 3 is 3.10 bits per heavy atom. The number of fused-ring (bicyclic) bond motifs is 1. The van der Waals surface area contributed by atoms with Crippen LogP contribution in [0.4, 0.5) is 0 Å². The van der Waals surface area contributed by atoms with Gasteiger partial charge < -0.3 is 10.1 Å². The van der Waals surface area contributed by atoms with E-state index >= 15 is 0 Å². The minimum absolute atomic E-state index is 0.456. The summed E-state index contributed by atoms with van der Waals surface area (Å²) in [4.78, 5) is 4.45. The number of pyridine rings is 1. The van der Waals surface area contributed by atoms with Crippen LogP contribution in [0.5, 0.6) is 5.88 Å². The summed E-state index contributed by atoms with van der Waals surface area (Å²) in [6, 6.07) is 11.8. The molecule has 0 amide bonds. The molecule has 3 rings (SSSR count). The third-order valence-corrected chi connectivity index (χ3v) is 3.74. The first-order valence-electron chi connectivity index (χ1n) is 7.00. The fourth-order valence-electron chi connectivity index (χ4n) is 2.57. The van der Waals surface area contributed by atoms with Crippen molar-refractivity contribution in [3.05, 3.63) is 35.9 Å². The molecule has 1 aromatic carbocycles. The second kappa shape index (κ2) is 5.89. The highest BCUT2D eigenvalue weighted by molar-refractivity contribution is 5.80. The zero-order chi connectivity index (χ0) is 13.8. The van der Waals surface area contributed by atoms with Gasteiger partial charge in [0.15, 0.2) is 0 Å². The van der Waals surface area contributed by atoms with Crippen molar-refractivity contribution in [2.75, 3.05) is 19.7 Å². The lowest BCUT2D eigenvalue weighted by molar-refractivity contribution is 0.274. The van der Waals surface area contributed by atoms with Gasteiger partial charge in [0.05, 0.1) is 12.1 Å². The molecule has 1 unspecified atom stereocenters. The molecule has 102 valence electrons. The first-order chi connectivity index (χ1) is 9.86. The zero-order valence-electron chi connectivity index (χ0n) is 11.3. The lowest BCUT2D eigenvalue weighted by Crippen LogP contribution is -2.12. The van der Waals surface area contributed by atoms with Crippen molar-refractivity contribution in [3.8, 4) is 11.9 Å². The Labute approximate surface area is 118 Å². The molecule has 2 heterocycles. The molecule has 0 radical (unpaired) electrons. The summed E-state index contributed by atoms with van der Waals surface area (Å²) in [6.45, 7) is 2.79. The van der Waals surface area contributed by atoms with E-state index in [9.17, 15) is 5.26 Å². The van der Waals surface area contributed by atoms with E-state index < -0.39 is 0 Å². The normalized spacial score (nSPS) is 18.1. The number of nitrogens with one attached hydrogen (secondary N) is 1. The number of rotatable bonds is 4. The van der Waals surface area contributed by atoms with Crippen molar-refractivity contribution in [3.63, 3.8) is 0 Å². The first kappa shape index (κ1) is 12.9. The average Bonchev–Trinajstić information content (AvgIpc) is 3.00. The van der Waals surface area contributed by atoms with Gasteiger partial charge in [-0.3, -0.25) is 0 Å². The highest BCUT2D eigenvalue weighted by Gasteiger charge is 2.15. The molecule has 0 bridgehead atoms. The van der Waals surface area contributed by atoms with Crippen LogP contribution in [0.15, 0.2) is 30.3 Å². The van der Waals surface area contributed by atoms with E-state index in [0.29, 0.717) is 24.0 Å². The molecular formula is C16H17N3O. The van der Waals surface area contributed by atoms with Gasteiger partial charge in [0.2, 0.25) is 5.88 Å². The van der Waals surface area contributed by atoms with Gasteiger partial charge in [-0.1, -0.05) is 18.2 Å². The lowest BCUT2D eigenvalue weighted by atomic mass is 10.1. The van der Waals surface area contributed by atoms with Crippen molar-refractivity contribution in [1.29, 1.82) is 5.26 Å². The fraction of sp³-hybridized carbons (Fsp3) is 0.375. The second-order valence-corrected chi connectivity index (χ2v) is 5.14. The maximum atomic E-state index is 9.21. The largest absolute Gasteiger partial charge is 0.477 e. The highest BCUT2D eigenvalue weighted by atomic mass is 16.5. The summed E-state index contributed by atoms with van der Waals surface area (Å²) < 4.78 is 5.74. The van der Waals surface area contributed by atoms with Crippen LogP contribution in [-0.2, 0) is 0 Å². The molecule has 4 nitrogen and oxygen atoms in total. The van der Waals surface area contributed by atoms with Gasteiger partial charge in [0.25, 0.3) is 0 Å². The van der Waals surface area contributed by atoms with Gasteiger partial charge in [0, 0.05) is 5.39 Å². The summed E-state index contributed by atoms with van der Waals surface area (Å²) >= 11 is 0. The minimum Gasteiger partial charge on any atom is -0.477 e. The van der Waals surface area contributed by atoms with Crippen LogP contribution in [0.2, 0.25) is 0 Å². The molecule has 0 spiro atoms. The number of para-hydroxylation sites is 1. The number of nitrogens with zero attached hydrogens (tertiary/aromatic N) is 2. The zero-order valence-corrected chi connectivity index (χ0v) is 11.3. The van der Waals surface area contributed by atoms with Gasteiger partial charge in [-0.05, 0) is 44.0 Å². The molecule has 2 aromatic rings. The van der Waals surface area contributed by atoms with E-state index in [0.717, 1.165) is 30.4 Å². The van der Waals surface area contributed by atoms with Crippen molar-refractivity contribution >= 4 is 10.9 Å². The summed E-state index contributed by atoms with van der Waals surface area (Å²) in [5.41, 5.74) is 1.37. The summed E-state index contributed by atoms with van der Waals surface area (Å²) in [5.74, 6) is 1.14. The number of hydrogen-bond donors (Lipinski definition) is 1. The van der Waals surface area contributed by atoms with Crippen LogP contribution in [-0.4, -0.2) is 24.7 Å². The van der Waals surface area contributed by atoms with Crippen LogP contribution in [0.1, 0.15) is 18.4 Å². The average molecular weight is 267 g/mol. The number of nitriles is 1. The quantitative estimate of drug-likeness (QED) is 0.924. The molecule has 0 aliphatic carbocycles. The lowest BCUT2D eigenvalue weighted by Gasteiger charge is -2.11. The SMILES string of the molecule is N#Cc1cc2ccccc2nc1OCCC1CCNC1. The van der Waals surface area contributed by atoms with Crippen LogP contribution >= 0.6 is 0 Å². The topological polar surface area (TPSA) is 57.9 Å². The fourth-order valence-corrected chi connectivity index (χ4v) is 2.57. The van der Waals surface area contributed by atoms with Crippen LogP contribution in [0.25, 0.3) is 10.9 Å². The molecule has 1 saturated heterocycles. The van der Waals surface area contributed by atoms with Crippen molar-refractivity contribution in [2.45, 2.75) is 12.8 Å². The van der Waals surface area contributed by atoms with E-state index in [1.165, 1.54) is 6.42 Å². The highest BCUT2D eigenvalue weighted by Crippen LogP contribution is 2.22. The van der Waals surface area contributed by atoms with E-state index in [-0.39, 0.29) is 0 Å². The Morgan fingerprint density at radius 2 is 2.30 bits per heavy atom. The Kier molecular flexibility index (Phi) is 3.80. The Morgan fingerprint density at radius 1 is 1.40 bits per heavy atom. The first-order valence-corrected chi connectivity index (χ1v) is 7.00. The van der Waals surface area contributed by atoms with Gasteiger partial charge in [-0.2, -0.15) is 5.26 Å². The predicted molar refractivity (Wildman–Crippen MR) is 77.5 cm³/mol. The molecular weight excluding hydrogens is 250 g/mol. The number of hydrogen-bond acceptors (Lipinski definition) is 4. The molecule has 1 aliphatic rings. The smallest absolute Gasteiger partial charge is 0.232 e. The van der Waals surface area contributed by atoms with E-state index in [2.05, 4.69) is 16.4 Å². The van der Waals surface area contributed by atoms with Crippen LogP contribution in [0.3, 0.4) is 0 Å². The molecule has 20 heavy (non-hydrogen) atoms. The van der Waals surface area contributed by atoms with Crippen molar-refractivity contribution in [1.82, 2.24) is 10.3 Å². The molecule has 1 atom stereocenters. The Balaban J connectivity index is 1.74. The number of aromatic nitrogens is 1. The third kappa shape index (κ3) is 2.73. The predicted octanol–water partition coefficient (Wildman–Crippen LogP) is 2.48. The third-order valence-electron chi connectivity index (χ3n) is 3.74. The van der Waals surface area contributed by atoms with E-state index in [1.807, 2.05) is 30.3 Å². The van der Waals surface area contributed by atoms with Crippen molar-refractivity contribution in [2.24, 2.45) is 5.92 Å². The maximum absolute atomic E-state index is 9.21. The van der Waals surface area contributed by atoms with Crippen molar-refractivity contribution < 1.29 is 4.74 Å². The van der Waals surface area contributed by atoms with E-state index in [1.54, 1.807) is 0 Å². The molecule has 1 aromatic heterocycles. The van der Waals surface area contributed by atoms with Crippen LogP contribution < -0.4 is 10.1 Å². The molecule has 1 fully saturated rings. The minimum atomic E-state index is 0.456. The Hall–Kier alpha value is -2.12. The summed E-state index contributed by atoms with van der Waals surface area (Å²) in [6.07, 6.45) is 2.21. The Bertz CT molecular complexity index is 642. The number of benzene rings is 1. The summed E-state index contributed by atoms with van der Waals surface area (Å²) in [7, 11) is 0. The van der Waals surface area contributed by atoms with Gasteiger partial charge in [-0.25, -0.2) is 4.98 Å². The monoisotopic (exact) mass is 267 g/mol. The number of ether oxygens (including phenoxy) is 1. The second-order valence-electron chi connectivity index (χ2n) is 5.14. The van der Waals surface area contributed by atoms with Gasteiger partial charge in [0.1, 0.15) is 11.6 Å². The molecule has 4 heteroatoms.